The van der Waals surface area contributed by atoms with Crippen molar-refractivity contribution >= 4 is 0 Å². The molecular formula is C10H18O2. The van der Waals surface area contributed by atoms with Crippen molar-refractivity contribution in [3.63, 3.8) is 0 Å². The van der Waals surface area contributed by atoms with E-state index in [1.54, 1.807) is 0 Å². The number of hydrogen-bond donors (Lipinski definition) is 1. The minimum Gasteiger partial charge on any atom is -0.394 e. The highest BCUT2D eigenvalue weighted by Crippen LogP contribution is 2.52. The highest BCUT2D eigenvalue weighted by atomic mass is 16.5. The lowest BCUT2D eigenvalue weighted by atomic mass is 9.95. The van der Waals surface area contributed by atoms with E-state index in [2.05, 4.69) is 13.8 Å². The van der Waals surface area contributed by atoms with Gasteiger partial charge in [0.05, 0.1) is 18.3 Å². The van der Waals surface area contributed by atoms with Gasteiger partial charge in [0.15, 0.2) is 0 Å². The molecule has 70 valence electrons. The van der Waals surface area contributed by atoms with E-state index in [9.17, 15) is 0 Å². The zero-order valence-electron chi connectivity index (χ0n) is 7.92. The summed E-state index contributed by atoms with van der Waals surface area (Å²) in [6.07, 6.45) is 3.60. The largest absolute Gasteiger partial charge is 0.394 e. The third-order valence-electron chi connectivity index (χ3n) is 3.50. The van der Waals surface area contributed by atoms with Gasteiger partial charge in [-0.25, -0.2) is 0 Å². The van der Waals surface area contributed by atoms with Gasteiger partial charge < -0.3 is 9.84 Å². The fourth-order valence-electron chi connectivity index (χ4n) is 2.52. The Kier molecular flexibility index (Phi) is 1.92. The zero-order valence-corrected chi connectivity index (χ0v) is 7.92. The summed E-state index contributed by atoms with van der Waals surface area (Å²) < 4.78 is 5.84. The van der Waals surface area contributed by atoms with Gasteiger partial charge in [-0.15, -0.1) is 0 Å². The van der Waals surface area contributed by atoms with Crippen LogP contribution in [0.25, 0.3) is 0 Å². The van der Waals surface area contributed by atoms with E-state index in [1.165, 1.54) is 6.42 Å². The van der Waals surface area contributed by atoms with Gasteiger partial charge in [-0.2, -0.15) is 0 Å². The van der Waals surface area contributed by atoms with E-state index in [-0.39, 0.29) is 18.3 Å². The molecule has 0 aromatic heterocycles. The molecule has 1 aliphatic carbocycles. The van der Waals surface area contributed by atoms with Crippen molar-refractivity contribution in [1.82, 2.24) is 0 Å². The van der Waals surface area contributed by atoms with E-state index >= 15 is 0 Å². The second-order valence-electron chi connectivity index (χ2n) is 4.59. The predicted molar refractivity (Wildman–Crippen MR) is 46.9 cm³/mol. The van der Waals surface area contributed by atoms with Crippen LogP contribution in [0, 0.1) is 11.8 Å². The van der Waals surface area contributed by atoms with Crippen molar-refractivity contribution in [3.8, 4) is 0 Å². The normalized spacial score (nSPS) is 52.8. The summed E-state index contributed by atoms with van der Waals surface area (Å²) >= 11 is 0. The SMILES string of the molecule is CC1CC1C1(C)CCC(CO)O1. The fraction of sp³-hybridized carbons (Fsp3) is 1.00. The molecule has 4 unspecified atom stereocenters. The van der Waals surface area contributed by atoms with Crippen molar-refractivity contribution < 1.29 is 9.84 Å². The van der Waals surface area contributed by atoms with Gasteiger partial charge in [0.25, 0.3) is 0 Å². The summed E-state index contributed by atoms with van der Waals surface area (Å²) in [4.78, 5) is 0. The Bertz CT molecular complexity index is 181. The number of ether oxygens (including phenoxy) is 1. The zero-order chi connectivity index (χ0) is 8.77. The van der Waals surface area contributed by atoms with Gasteiger partial charge in [-0.1, -0.05) is 6.92 Å². The fourth-order valence-corrected chi connectivity index (χ4v) is 2.52. The van der Waals surface area contributed by atoms with Crippen molar-refractivity contribution in [2.24, 2.45) is 11.8 Å². The summed E-state index contributed by atoms with van der Waals surface area (Å²) in [5.41, 5.74) is 0.0901. The Labute approximate surface area is 73.9 Å². The first-order valence-corrected chi connectivity index (χ1v) is 4.94. The first-order chi connectivity index (χ1) is 5.65. The van der Waals surface area contributed by atoms with E-state index < -0.39 is 0 Å². The van der Waals surface area contributed by atoms with Crippen LogP contribution < -0.4 is 0 Å². The second-order valence-corrected chi connectivity index (χ2v) is 4.59. The van der Waals surface area contributed by atoms with Gasteiger partial charge in [0.2, 0.25) is 0 Å². The summed E-state index contributed by atoms with van der Waals surface area (Å²) in [7, 11) is 0. The molecule has 2 aliphatic rings. The lowest BCUT2D eigenvalue weighted by molar-refractivity contribution is -0.0630. The summed E-state index contributed by atoms with van der Waals surface area (Å²) in [5, 5.41) is 8.94. The summed E-state index contributed by atoms with van der Waals surface area (Å²) in [6, 6.07) is 0. The smallest absolute Gasteiger partial charge is 0.0814 e. The Morgan fingerprint density at radius 1 is 1.58 bits per heavy atom. The molecule has 1 aliphatic heterocycles. The molecule has 0 aromatic rings. The van der Waals surface area contributed by atoms with Gasteiger partial charge in [-0.05, 0) is 38.0 Å². The number of hydrogen-bond acceptors (Lipinski definition) is 2. The van der Waals surface area contributed by atoms with Gasteiger partial charge in [0.1, 0.15) is 0 Å². The van der Waals surface area contributed by atoms with Crippen molar-refractivity contribution in [3.05, 3.63) is 0 Å². The van der Waals surface area contributed by atoms with Gasteiger partial charge in [0, 0.05) is 0 Å². The number of aliphatic hydroxyl groups is 1. The monoisotopic (exact) mass is 170 g/mol. The van der Waals surface area contributed by atoms with Crippen LogP contribution in [0.5, 0.6) is 0 Å². The van der Waals surface area contributed by atoms with Gasteiger partial charge >= 0.3 is 0 Å². The lowest BCUT2D eigenvalue weighted by Gasteiger charge is -2.24. The molecule has 2 fully saturated rings. The quantitative estimate of drug-likeness (QED) is 0.681. The Morgan fingerprint density at radius 3 is 2.67 bits per heavy atom. The maximum atomic E-state index is 8.94. The molecule has 1 saturated heterocycles. The standard InChI is InChI=1S/C10H18O2/c1-7-5-9(7)10(2)4-3-8(6-11)12-10/h7-9,11H,3-6H2,1-2H3. The minimum atomic E-state index is 0.0901. The van der Waals surface area contributed by atoms with E-state index in [0.29, 0.717) is 0 Å². The van der Waals surface area contributed by atoms with Crippen LogP contribution in [-0.4, -0.2) is 23.4 Å². The molecule has 0 bridgehead atoms. The third-order valence-corrected chi connectivity index (χ3v) is 3.50. The highest BCUT2D eigenvalue weighted by molar-refractivity contribution is 5.01. The molecule has 1 saturated carbocycles. The molecule has 0 amide bonds. The molecule has 12 heavy (non-hydrogen) atoms. The molecule has 2 rings (SSSR count). The Morgan fingerprint density at radius 2 is 2.25 bits per heavy atom. The van der Waals surface area contributed by atoms with Crippen molar-refractivity contribution in [2.75, 3.05) is 6.61 Å². The minimum absolute atomic E-state index is 0.0901. The van der Waals surface area contributed by atoms with Crippen LogP contribution in [0.1, 0.15) is 33.1 Å². The molecule has 2 heteroatoms. The van der Waals surface area contributed by atoms with Gasteiger partial charge in [-0.3, -0.25) is 0 Å². The summed E-state index contributed by atoms with van der Waals surface area (Å²) in [6.45, 7) is 4.68. The van der Waals surface area contributed by atoms with E-state index in [1.807, 2.05) is 0 Å². The van der Waals surface area contributed by atoms with Crippen LogP contribution in [0.4, 0.5) is 0 Å². The van der Waals surface area contributed by atoms with Crippen LogP contribution >= 0.6 is 0 Å². The van der Waals surface area contributed by atoms with Crippen LogP contribution in [0.2, 0.25) is 0 Å². The average Bonchev–Trinajstić information content (AvgIpc) is 2.64. The first-order valence-electron chi connectivity index (χ1n) is 4.94. The molecule has 0 spiro atoms. The Hall–Kier alpha value is -0.0800. The third kappa shape index (κ3) is 1.27. The molecule has 2 nitrogen and oxygen atoms in total. The number of rotatable bonds is 2. The predicted octanol–water partition coefficient (Wildman–Crippen LogP) is 1.57. The molecule has 0 radical (unpaired) electrons. The summed E-state index contributed by atoms with van der Waals surface area (Å²) in [5.74, 6) is 1.60. The van der Waals surface area contributed by atoms with Crippen LogP contribution in [0.3, 0.4) is 0 Å². The highest BCUT2D eigenvalue weighted by Gasteiger charge is 2.51. The molecule has 0 aromatic carbocycles. The van der Waals surface area contributed by atoms with Crippen molar-refractivity contribution in [1.29, 1.82) is 0 Å². The average molecular weight is 170 g/mol. The topological polar surface area (TPSA) is 29.5 Å². The lowest BCUT2D eigenvalue weighted by Crippen LogP contribution is -2.29. The molecule has 1 N–H and O–H groups in total. The molecular weight excluding hydrogens is 152 g/mol. The number of aliphatic hydroxyl groups excluding tert-OH is 1. The van der Waals surface area contributed by atoms with Crippen LogP contribution in [-0.2, 0) is 4.74 Å². The van der Waals surface area contributed by atoms with E-state index in [4.69, 9.17) is 9.84 Å². The molecule has 1 heterocycles. The maximum absolute atomic E-state index is 8.94. The molecule has 4 atom stereocenters. The maximum Gasteiger partial charge on any atom is 0.0814 e. The first kappa shape index (κ1) is 8.52. The Balaban J connectivity index is 1.95. The second kappa shape index (κ2) is 2.71. The van der Waals surface area contributed by atoms with Crippen LogP contribution in [0.15, 0.2) is 0 Å². The van der Waals surface area contributed by atoms with Crippen molar-refractivity contribution in [2.45, 2.75) is 44.8 Å². The van der Waals surface area contributed by atoms with E-state index in [0.717, 1.165) is 24.7 Å².